The van der Waals surface area contributed by atoms with Crippen LogP contribution < -0.4 is 10.1 Å². The Morgan fingerprint density at radius 1 is 1.07 bits per heavy atom. The Morgan fingerprint density at radius 3 is 2.54 bits per heavy atom. The fourth-order valence-corrected chi connectivity index (χ4v) is 4.02. The first-order chi connectivity index (χ1) is 13.6. The summed E-state index contributed by atoms with van der Waals surface area (Å²) < 4.78 is 5.36. The molecule has 1 N–H and O–H groups in total. The molecule has 0 radical (unpaired) electrons. The zero-order chi connectivity index (χ0) is 19.6. The van der Waals surface area contributed by atoms with Gasteiger partial charge in [0.05, 0.1) is 7.11 Å². The number of carbonyl (C=O) groups excluding carboxylic acids is 2. The van der Waals surface area contributed by atoms with E-state index in [1.165, 1.54) is 11.1 Å². The molecule has 1 saturated carbocycles. The standard InChI is InChI=1S/C23H26N2O3/c1-28-20-9-5-4-7-18(20)10-14-24-21(26)23(12-13-23)22(27)25-15-11-17-6-2-3-8-19(17)16-25/h2-9H,10-16H2,1H3,(H,24,26). The molecule has 1 aliphatic heterocycles. The van der Waals surface area contributed by atoms with Crippen LogP contribution in [-0.2, 0) is 29.0 Å². The maximum Gasteiger partial charge on any atom is 0.238 e. The number of nitrogens with one attached hydrogen (secondary N) is 1. The highest BCUT2D eigenvalue weighted by Gasteiger charge is 2.58. The van der Waals surface area contributed by atoms with Crippen LogP contribution in [0.2, 0.25) is 0 Å². The van der Waals surface area contributed by atoms with Crippen molar-refractivity contribution in [3.8, 4) is 5.75 Å². The second-order valence-corrected chi connectivity index (χ2v) is 7.65. The van der Waals surface area contributed by atoms with E-state index in [1.54, 1.807) is 7.11 Å². The Morgan fingerprint density at radius 2 is 1.79 bits per heavy atom. The maximum absolute atomic E-state index is 13.1. The highest BCUT2D eigenvalue weighted by Crippen LogP contribution is 2.48. The zero-order valence-electron chi connectivity index (χ0n) is 16.2. The number of carbonyl (C=O) groups is 2. The molecule has 4 rings (SSSR count). The quantitative estimate of drug-likeness (QED) is 0.787. The van der Waals surface area contributed by atoms with Gasteiger partial charge < -0.3 is 15.0 Å². The monoisotopic (exact) mass is 378 g/mol. The number of methoxy groups -OCH3 is 1. The van der Waals surface area contributed by atoms with Gasteiger partial charge in [0.15, 0.2) is 0 Å². The van der Waals surface area contributed by atoms with Crippen molar-refractivity contribution in [2.45, 2.75) is 32.2 Å². The van der Waals surface area contributed by atoms with Crippen LogP contribution in [0.4, 0.5) is 0 Å². The third kappa shape index (κ3) is 3.49. The summed E-state index contributed by atoms with van der Waals surface area (Å²) in [5.41, 5.74) is 2.69. The van der Waals surface area contributed by atoms with E-state index >= 15 is 0 Å². The topological polar surface area (TPSA) is 58.6 Å². The molecule has 0 saturated heterocycles. The molecule has 1 fully saturated rings. The number of hydrogen-bond donors (Lipinski definition) is 1. The number of ether oxygens (including phenoxy) is 1. The van der Waals surface area contributed by atoms with Gasteiger partial charge in [-0.3, -0.25) is 9.59 Å². The lowest BCUT2D eigenvalue weighted by molar-refractivity contribution is -0.145. The average molecular weight is 378 g/mol. The summed E-state index contributed by atoms with van der Waals surface area (Å²) in [5.74, 6) is 0.670. The third-order valence-electron chi connectivity index (χ3n) is 5.88. The van der Waals surface area contributed by atoms with E-state index in [9.17, 15) is 9.59 Å². The lowest BCUT2D eigenvalue weighted by Crippen LogP contribution is -2.47. The van der Waals surface area contributed by atoms with Crippen molar-refractivity contribution in [3.05, 3.63) is 65.2 Å². The molecule has 28 heavy (non-hydrogen) atoms. The number of benzene rings is 2. The summed E-state index contributed by atoms with van der Waals surface area (Å²) in [6, 6.07) is 16.0. The molecule has 2 aromatic carbocycles. The number of rotatable bonds is 6. The van der Waals surface area contributed by atoms with Gasteiger partial charge in [-0.15, -0.1) is 0 Å². The van der Waals surface area contributed by atoms with Crippen LogP contribution in [0.5, 0.6) is 5.75 Å². The molecule has 0 atom stereocenters. The summed E-state index contributed by atoms with van der Waals surface area (Å²) in [6.45, 7) is 1.79. The average Bonchev–Trinajstić information content (AvgIpc) is 3.55. The Hall–Kier alpha value is -2.82. The van der Waals surface area contributed by atoms with Crippen LogP contribution in [0.3, 0.4) is 0 Å². The minimum atomic E-state index is -0.854. The molecule has 146 valence electrons. The minimum Gasteiger partial charge on any atom is -0.496 e. The van der Waals surface area contributed by atoms with Crippen molar-refractivity contribution in [2.75, 3.05) is 20.2 Å². The molecular formula is C23H26N2O3. The number of fused-ring (bicyclic) bond motifs is 1. The van der Waals surface area contributed by atoms with Crippen molar-refractivity contribution >= 4 is 11.8 Å². The highest BCUT2D eigenvalue weighted by atomic mass is 16.5. The third-order valence-corrected chi connectivity index (χ3v) is 5.88. The normalized spacial score (nSPS) is 16.8. The van der Waals surface area contributed by atoms with Gasteiger partial charge in [-0.25, -0.2) is 0 Å². The van der Waals surface area contributed by atoms with Crippen molar-refractivity contribution in [3.63, 3.8) is 0 Å². The first-order valence-corrected chi connectivity index (χ1v) is 9.90. The summed E-state index contributed by atoms with van der Waals surface area (Å²) in [6.07, 6.45) is 2.82. The van der Waals surface area contributed by atoms with Crippen molar-refractivity contribution in [1.82, 2.24) is 10.2 Å². The van der Waals surface area contributed by atoms with Crippen molar-refractivity contribution in [2.24, 2.45) is 5.41 Å². The molecule has 1 aliphatic carbocycles. The molecule has 0 bridgehead atoms. The summed E-state index contributed by atoms with van der Waals surface area (Å²) in [5, 5.41) is 2.98. The Balaban J connectivity index is 1.36. The van der Waals surface area contributed by atoms with E-state index in [4.69, 9.17) is 4.74 Å². The van der Waals surface area contributed by atoms with Gasteiger partial charge in [0, 0.05) is 19.6 Å². The van der Waals surface area contributed by atoms with Crippen LogP contribution in [0, 0.1) is 5.41 Å². The van der Waals surface area contributed by atoms with Crippen LogP contribution in [0.1, 0.15) is 29.5 Å². The lowest BCUT2D eigenvalue weighted by atomic mass is 9.97. The zero-order valence-corrected chi connectivity index (χ0v) is 16.2. The SMILES string of the molecule is COc1ccccc1CCNC(=O)C1(C(=O)N2CCc3ccccc3C2)CC1. The second kappa shape index (κ2) is 7.66. The molecule has 0 spiro atoms. The van der Waals surface area contributed by atoms with Gasteiger partial charge in [0.25, 0.3) is 0 Å². The minimum absolute atomic E-state index is 0.0169. The number of para-hydroxylation sites is 1. The molecule has 0 unspecified atom stereocenters. The lowest BCUT2D eigenvalue weighted by Gasteiger charge is -2.31. The second-order valence-electron chi connectivity index (χ2n) is 7.65. The first-order valence-electron chi connectivity index (χ1n) is 9.90. The molecule has 1 heterocycles. The summed E-state index contributed by atoms with van der Waals surface area (Å²) in [7, 11) is 1.64. The van der Waals surface area contributed by atoms with Crippen LogP contribution >= 0.6 is 0 Å². The Kier molecular flexibility index (Phi) is 5.07. The molecule has 2 aliphatic rings. The van der Waals surface area contributed by atoms with Gasteiger partial charge in [-0.1, -0.05) is 42.5 Å². The Bertz CT molecular complexity index is 889. The molecule has 2 amide bonds. The fraction of sp³-hybridized carbons (Fsp3) is 0.391. The van der Waals surface area contributed by atoms with Crippen molar-refractivity contribution < 1.29 is 14.3 Å². The number of amides is 2. The van der Waals surface area contributed by atoms with Crippen LogP contribution in [0.15, 0.2) is 48.5 Å². The summed E-state index contributed by atoms with van der Waals surface area (Å²) in [4.78, 5) is 27.8. The van der Waals surface area contributed by atoms with E-state index in [-0.39, 0.29) is 11.8 Å². The predicted molar refractivity (Wildman–Crippen MR) is 107 cm³/mol. The van der Waals surface area contributed by atoms with E-state index in [0.29, 0.717) is 38.9 Å². The van der Waals surface area contributed by atoms with Gasteiger partial charge in [0.1, 0.15) is 11.2 Å². The van der Waals surface area contributed by atoms with Crippen LogP contribution in [0.25, 0.3) is 0 Å². The molecular weight excluding hydrogens is 352 g/mol. The summed E-state index contributed by atoms with van der Waals surface area (Å²) >= 11 is 0. The molecule has 5 heteroatoms. The van der Waals surface area contributed by atoms with Crippen molar-refractivity contribution in [1.29, 1.82) is 0 Å². The molecule has 5 nitrogen and oxygen atoms in total. The highest BCUT2D eigenvalue weighted by molar-refractivity contribution is 6.07. The van der Waals surface area contributed by atoms with Gasteiger partial charge in [-0.05, 0) is 48.4 Å². The van der Waals surface area contributed by atoms with E-state index in [0.717, 1.165) is 17.7 Å². The predicted octanol–water partition coefficient (Wildman–Crippen LogP) is 2.72. The van der Waals surface area contributed by atoms with E-state index in [1.807, 2.05) is 41.3 Å². The fourth-order valence-electron chi connectivity index (χ4n) is 4.02. The van der Waals surface area contributed by atoms with Gasteiger partial charge in [0.2, 0.25) is 11.8 Å². The first kappa shape index (κ1) is 18.5. The van der Waals surface area contributed by atoms with Gasteiger partial charge >= 0.3 is 0 Å². The van der Waals surface area contributed by atoms with E-state index in [2.05, 4.69) is 17.4 Å². The van der Waals surface area contributed by atoms with Crippen LogP contribution in [-0.4, -0.2) is 36.9 Å². The molecule has 0 aromatic heterocycles. The van der Waals surface area contributed by atoms with E-state index < -0.39 is 5.41 Å². The van der Waals surface area contributed by atoms with Gasteiger partial charge in [-0.2, -0.15) is 0 Å². The number of hydrogen-bond acceptors (Lipinski definition) is 3. The number of nitrogens with zero attached hydrogens (tertiary/aromatic N) is 1. The smallest absolute Gasteiger partial charge is 0.238 e. The molecule has 2 aromatic rings. The maximum atomic E-state index is 13.1. The largest absolute Gasteiger partial charge is 0.496 e. The Labute approximate surface area is 165 Å².